The SMILES string of the molecule is O=C(Cc1cccs1)Nc1cc2ccccc2nc1SCCSc1ccccc1. The lowest BCUT2D eigenvalue weighted by molar-refractivity contribution is -0.115. The molecule has 0 aliphatic carbocycles. The van der Waals surface area contributed by atoms with Crippen LogP contribution in [0.3, 0.4) is 0 Å². The minimum Gasteiger partial charge on any atom is -0.323 e. The van der Waals surface area contributed by atoms with E-state index in [1.54, 1.807) is 23.1 Å². The molecule has 2 heterocycles. The van der Waals surface area contributed by atoms with Gasteiger partial charge in [0.2, 0.25) is 5.91 Å². The van der Waals surface area contributed by atoms with E-state index in [-0.39, 0.29) is 5.91 Å². The number of amides is 1. The summed E-state index contributed by atoms with van der Waals surface area (Å²) in [7, 11) is 0. The summed E-state index contributed by atoms with van der Waals surface area (Å²) in [6.45, 7) is 0. The lowest BCUT2D eigenvalue weighted by Gasteiger charge is -2.12. The smallest absolute Gasteiger partial charge is 0.229 e. The number of hydrogen-bond donors (Lipinski definition) is 1. The normalized spacial score (nSPS) is 10.9. The van der Waals surface area contributed by atoms with E-state index in [2.05, 4.69) is 29.6 Å². The van der Waals surface area contributed by atoms with Gasteiger partial charge in [-0.2, -0.15) is 0 Å². The molecule has 6 heteroatoms. The second-order valence-corrected chi connectivity index (χ2v) is 9.63. The van der Waals surface area contributed by atoms with E-state index in [0.717, 1.165) is 38.0 Å². The highest BCUT2D eigenvalue weighted by Crippen LogP contribution is 2.30. The lowest BCUT2D eigenvalue weighted by Crippen LogP contribution is -2.14. The van der Waals surface area contributed by atoms with Crippen molar-refractivity contribution in [3.8, 4) is 0 Å². The molecule has 0 unspecified atom stereocenters. The molecule has 1 amide bonds. The van der Waals surface area contributed by atoms with Gasteiger partial charge in [-0.3, -0.25) is 4.79 Å². The molecule has 0 bridgehead atoms. The van der Waals surface area contributed by atoms with E-state index >= 15 is 0 Å². The summed E-state index contributed by atoms with van der Waals surface area (Å²) in [5.41, 5.74) is 1.74. The standard InChI is InChI=1S/C23H20N2OS3/c26-22(16-19-10-6-12-27-19)24-21-15-17-7-4-5-11-20(17)25-23(21)29-14-13-28-18-8-2-1-3-9-18/h1-12,15H,13-14,16H2,(H,24,26). The number of para-hydroxylation sites is 1. The van der Waals surface area contributed by atoms with E-state index in [1.165, 1.54) is 4.90 Å². The van der Waals surface area contributed by atoms with Crippen LogP contribution in [0.25, 0.3) is 10.9 Å². The quantitative estimate of drug-likeness (QED) is 0.258. The number of carbonyl (C=O) groups excluding carboxylic acids is 1. The number of thioether (sulfide) groups is 2. The Balaban J connectivity index is 1.46. The van der Waals surface area contributed by atoms with Gasteiger partial charge < -0.3 is 5.32 Å². The minimum absolute atomic E-state index is 0.00922. The third-order valence-corrected chi connectivity index (χ3v) is 7.35. The third kappa shape index (κ3) is 5.63. The van der Waals surface area contributed by atoms with Crippen molar-refractivity contribution in [2.45, 2.75) is 16.3 Å². The minimum atomic E-state index is -0.00922. The fraction of sp³-hybridized carbons (Fsp3) is 0.130. The second kappa shape index (κ2) is 9.96. The van der Waals surface area contributed by atoms with Crippen LogP contribution in [0.4, 0.5) is 5.69 Å². The Labute approximate surface area is 183 Å². The molecule has 0 atom stereocenters. The Kier molecular flexibility index (Phi) is 6.87. The van der Waals surface area contributed by atoms with Crippen LogP contribution >= 0.6 is 34.9 Å². The molecule has 2 aromatic carbocycles. The van der Waals surface area contributed by atoms with Crippen LogP contribution in [0.5, 0.6) is 0 Å². The maximum atomic E-state index is 12.5. The molecule has 0 saturated heterocycles. The van der Waals surface area contributed by atoms with E-state index in [9.17, 15) is 4.79 Å². The summed E-state index contributed by atoms with van der Waals surface area (Å²) in [4.78, 5) is 19.7. The number of rotatable bonds is 8. The monoisotopic (exact) mass is 436 g/mol. The summed E-state index contributed by atoms with van der Waals surface area (Å²) >= 11 is 5.12. The first-order valence-electron chi connectivity index (χ1n) is 9.30. The van der Waals surface area contributed by atoms with E-state index < -0.39 is 0 Å². The molecular weight excluding hydrogens is 416 g/mol. The van der Waals surface area contributed by atoms with Gasteiger partial charge in [-0.25, -0.2) is 4.98 Å². The van der Waals surface area contributed by atoms with Crippen molar-refractivity contribution in [2.24, 2.45) is 0 Å². The van der Waals surface area contributed by atoms with E-state index in [0.29, 0.717) is 6.42 Å². The largest absolute Gasteiger partial charge is 0.323 e. The molecule has 0 radical (unpaired) electrons. The van der Waals surface area contributed by atoms with Gasteiger partial charge in [0.1, 0.15) is 5.03 Å². The highest BCUT2D eigenvalue weighted by molar-refractivity contribution is 8.03. The number of anilines is 1. The summed E-state index contributed by atoms with van der Waals surface area (Å²) in [5, 5.41) is 6.97. The Morgan fingerprint density at radius 3 is 2.55 bits per heavy atom. The summed E-state index contributed by atoms with van der Waals surface area (Å²) in [5.74, 6) is 1.88. The summed E-state index contributed by atoms with van der Waals surface area (Å²) in [6, 6.07) is 24.4. The van der Waals surface area contributed by atoms with Gasteiger partial charge in [-0.15, -0.1) is 34.9 Å². The number of aromatic nitrogens is 1. The fourth-order valence-corrected chi connectivity index (χ4v) is 5.46. The molecule has 4 rings (SSSR count). The van der Waals surface area contributed by atoms with E-state index in [4.69, 9.17) is 4.98 Å². The maximum Gasteiger partial charge on any atom is 0.229 e. The Morgan fingerprint density at radius 1 is 0.931 bits per heavy atom. The number of hydrogen-bond acceptors (Lipinski definition) is 5. The molecule has 3 nitrogen and oxygen atoms in total. The third-order valence-electron chi connectivity index (χ3n) is 4.21. The van der Waals surface area contributed by atoms with Crippen LogP contribution in [0, 0.1) is 0 Å². The van der Waals surface area contributed by atoms with Crippen LogP contribution in [-0.2, 0) is 11.2 Å². The molecule has 0 aliphatic rings. The molecule has 2 aromatic heterocycles. The highest BCUT2D eigenvalue weighted by Gasteiger charge is 2.12. The lowest BCUT2D eigenvalue weighted by atomic mass is 10.2. The van der Waals surface area contributed by atoms with Gasteiger partial charge in [0, 0.05) is 26.7 Å². The zero-order chi connectivity index (χ0) is 19.9. The first-order chi connectivity index (χ1) is 14.3. The van der Waals surface area contributed by atoms with Crippen LogP contribution in [-0.4, -0.2) is 22.4 Å². The predicted molar refractivity (Wildman–Crippen MR) is 126 cm³/mol. The van der Waals surface area contributed by atoms with Crippen molar-refractivity contribution >= 4 is 57.4 Å². The van der Waals surface area contributed by atoms with Gasteiger partial charge in [-0.1, -0.05) is 42.5 Å². The van der Waals surface area contributed by atoms with Gasteiger partial charge in [0.05, 0.1) is 17.6 Å². The molecule has 0 spiro atoms. The maximum absolute atomic E-state index is 12.5. The average Bonchev–Trinajstić information content (AvgIpc) is 3.25. The number of benzene rings is 2. The molecule has 0 aliphatic heterocycles. The van der Waals surface area contributed by atoms with E-state index in [1.807, 2.05) is 65.7 Å². The Morgan fingerprint density at radius 2 is 1.72 bits per heavy atom. The molecule has 29 heavy (non-hydrogen) atoms. The van der Waals surface area contributed by atoms with Gasteiger partial charge in [0.15, 0.2) is 0 Å². The molecule has 4 aromatic rings. The number of thiophene rings is 1. The first-order valence-corrected chi connectivity index (χ1v) is 12.2. The summed E-state index contributed by atoms with van der Waals surface area (Å²) in [6.07, 6.45) is 0.387. The Hall–Kier alpha value is -2.28. The van der Waals surface area contributed by atoms with Crippen LogP contribution in [0.15, 0.2) is 88.1 Å². The van der Waals surface area contributed by atoms with Crippen LogP contribution < -0.4 is 5.32 Å². The molecule has 1 N–H and O–H groups in total. The number of nitrogens with one attached hydrogen (secondary N) is 1. The van der Waals surface area contributed by atoms with Crippen LogP contribution in [0.2, 0.25) is 0 Å². The van der Waals surface area contributed by atoms with Crippen molar-refractivity contribution in [2.75, 3.05) is 16.8 Å². The van der Waals surface area contributed by atoms with Gasteiger partial charge >= 0.3 is 0 Å². The van der Waals surface area contributed by atoms with Crippen molar-refractivity contribution in [3.05, 3.63) is 83.1 Å². The van der Waals surface area contributed by atoms with Crippen molar-refractivity contribution < 1.29 is 4.79 Å². The van der Waals surface area contributed by atoms with Gasteiger partial charge in [-0.05, 0) is 35.7 Å². The molecule has 146 valence electrons. The van der Waals surface area contributed by atoms with Crippen molar-refractivity contribution in [1.82, 2.24) is 4.98 Å². The first kappa shape index (κ1) is 20.0. The summed E-state index contributed by atoms with van der Waals surface area (Å²) < 4.78 is 0. The highest BCUT2D eigenvalue weighted by atomic mass is 32.2. The molecule has 0 saturated carbocycles. The number of nitrogens with zero attached hydrogens (tertiary/aromatic N) is 1. The molecule has 0 fully saturated rings. The average molecular weight is 437 g/mol. The zero-order valence-corrected chi connectivity index (χ0v) is 18.2. The number of fused-ring (bicyclic) bond motifs is 1. The van der Waals surface area contributed by atoms with Gasteiger partial charge in [0.25, 0.3) is 0 Å². The number of carbonyl (C=O) groups is 1. The zero-order valence-electron chi connectivity index (χ0n) is 15.7. The van der Waals surface area contributed by atoms with Crippen molar-refractivity contribution in [3.63, 3.8) is 0 Å². The fourth-order valence-electron chi connectivity index (χ4n) is 2.88. The predicted octanol–water partition coefficient (Wildman–Crippen LogP) is 6.36. The van der Waals surface area contributed by atoms with Crippen LogP contribution in [0.1, 0.15) is 4.88 Å². The molecular formula is C23H20N2OS3. The topological polar surface area (TPSA) is 42.0 Å². The van der Waals surface area contributed by atoms with Crippen molar-refractivity contribution in [1.29, 1.82) is 0 Å². The number of pyridine rings is 1. The second-order valence-electron chi connectivity index (χ2n) is 6.35. The Bertz CT molecular complexity index is 1080.